The van der Waals surface area contributed by atoms with Crippen molar-refractivity contribution in [2.24, 2.45) is 0 Å². The largest absolute Gasteiger partial charge is 0.465 e. The van der Waals surface area contributed by atoms with E-state index in [0.717, 1.165) is 30.8 Å². The van der Waals surface area contributed by atoms with E-state index in [1.54, 1.807) is 11.8 Å². The standard InChI is InChI=1S/C14H23N3O4/c1-11-13(19)16(9-10-17(11)14(20)21)8-5-12(18)15-6-3-2-4-7-15/h11H,2-10H2,1H3,(H,20,21). The van der Waals surface area contributed by atoms with Crippen molar-refractivity contribution in [1.29, 1.82) is 0 Å². The van der Waals surface area contributed by atoms with Gasteiger partial charge < -0.3 is 14.9 Å². The number of hydrogen-bond donors (Lipinski definition) is 1. The molecule has 2 aliphatic heterocycles. The highest BCUT2D eigenvalue weighted by molar-refractivity contribution is 5.86. The van der Waals surface area contributed by atoms with E-state index in [4.69, 9.17) is 5.11 Å². The number of piperidine rings is 1. The zero-order chi connectivity index (χ0) is 15.4. The van der Waals surface area contributed by atoms with E-state index in [9.17, 15) is 14.4 Å². The van der Waals surface area contributed by atoms with Gasteiger partial charge in [-0.05, 0) is 26.2 Å². The quantitative estimate of drug-likeness (QED) is 0.827. The maximum atomic E-state index is 12.1. The van der Waals surface area contributed by atoms with E-state index in [-0.39, 0.29) is 11.8 Å². The summed E-state index contributed by atoms with van der Waals surface area (Å²) in [5.74, 6) is -0.120. The number of carbonyl (C=O) groups is 3. The van der Waals surface area contributed by atoms with Crippen LogP contribution in [-0.2, 0) is 9.59 Å². The Kier molecular flexibility index (Phi) is 5.03. The third kappa shape index (κ3) is 3.65. The second-order valence-corrected chi connectivity index (χ2v) is 5.67. The third-order valence-corrected chi connectivity index (χ3v) is 4.30. The number of carboxylic acid groups (broad SMARTS) is 1. The highest BCUT2D eigenvalue weighted by Gasteiger charge is 2.34. The van der Waals surface area contributed by atoms with Gasteiger partial charge in [0.05, 0.1) is 0 Å². The molecule has 2 aliphatic rings. The number of nitrogens with zero attached hydrogens (tertiary/aromatic N) is 3. The molecule has 0 aromatic carbocycles. The van der Waals surface area contributed by atoms with Crippen molar-refractivity contribution in [3.05, 3.63) is 0 Å². The van der Waals surface area contributed by atoms with Crippen LogP contribution < -0.4 is 0 Å². The maximum absolute atomic E-state index is 12.1. The normalized spacial score (nSPS) is 23.4. The van der Waals surface area contributed by atoms with Gasteiger partial charge in [0.25, 0.3) is 0 Å². The zero-order valence-electron chi connectivity index (χ0n) is 12.5. The molecule has 118 valence electrons. The van der Waals surface area contributed by atoms with E-state index < -0.39 is 12.1 Å². The molecule has 0 aromatic heterocycles. The predicted octanol–water partition coefficient (Wildman–Crippen LogP) is 0.600. The van der Waals surface area contributed by atoms with Gasteiger partial charge in [-0.1, -0.05) is 0 Å². The second-order valence-electron chi connectivity index (χ2n) is 5.67. The SMILES string of the molecule is CC1C(=O)N(CCC(=O)N2CCCCC2)CCN1C(=O)O. The minimum atomic E-state index is -1.07. The molecule has 3 amide bonds. The van der Waals surface area contributed by atoms with Crippen LogP contribution in [0, 0.1) is 0 Å². The molecule has 7 nitrogen and oxygen atoms in total. The Bertz CT molecular complexity index is 420. The number of rotatable bonds is 3. The lowest BCUT2D eigenvalue weighted by atomic mass is 10.1. The maximum Gasteiger partial charge on any atom is 0.408 e. The smallest absolute Gasteiger partial charge is 0.408 e. The molecule has 7 heteroatoms. The van der Waals surface area contributed by atoms with Gasteiger partial charge in [-0.25, -0.2) is 4.79 Å². The summed E-state index contributed by atoms with van der Waals surface area (Å²) >= 11 is 0. The van der Waals surface area contributed by atoms with Gasteiger partial charge in [0, 0.05) is 39.1 Å². The Morgan fingerprint density at radius 2 is 1.81 bits per heavy atom. The molecule has 0 aromatic rings. The van der Waals surface area contributed by atoms with Crippen LogP contribution in [-0.4, -0.2) is 76.5 Å². The summed E-state index contributed by atoms with van der Waals surface area (Å²) in [5.41, 5.74) is 0. The van der Waals surface area contributed by atoms with Crippen LogP contribution >= 0.6 is 0 Å². The van der Waals surface area contributed by atoms with Crippen molar-refractivity contribution in [2.45, 2.75) is 38.6 Å². The van der Waals surface area contributed by atoms with Crippen molar-refractivity contribution < 1.29 is 19.5 Å². The summed E-state index contributed by atoms with van der Waals surface area (Å²) < 4.78 is 0. The van der Waals surface area contributed by atoms with Crippen LogP contribution in [0.25, 0.3) is 0 Å². The summed E-state index contributed by atoms with van der Waals surface area (Å²) in [6, 6.07) is -0.665. The summed E-state index contributed by atoms with van der Waals surface area (Å²) in [6.45, 7) is 4.27. The molecule has 2 fully saturated rings. The molecule has 2 heterocycles. The van der Waals surface area contributed by atoms with Gasteiger partial charge >= 0.3 is 6.09 Å². The van der Waals surface area contributed by atoms with Crippen LogP contribution in [0.15, 0.2) is 0 Å². The number of piperazine rings is 1. The number of amides is 3. The average Bonchev–Trinajstić information content (AvgIpc) is 2.49. The molecule has 0 bridgehead atoms. The van der Waals surface area contributed by atoms with Crippen LogP contribution in [0.3, 0.4) is 0 Å². The van der Waals surface area contributed by atoms with Gasteiger partial charge in [-0.15, -0.1) is 0 Å². The Morgan fingerprint density at radius 1 is 1.14 bits per heavy atom. The molecule has 1 N–H and O–H groups in total. The Labute approximate surface area is 124 Å². The molecule has 21 heavy (non-hydrogen) atoms. The molecule has 2 rings (SSSR count). The van der Waals surface area contributed by atoms with Gasteiger partial charge in [-0.2, -0.15) is 0 Å². The summed E-state index contributed by atoms with van der Waals surface area (Å²) in [7, 11) is 0. The molecular formula is C14H23N3O4. The van der Waals surface area contributed by atoms with Crippen LogP contribution in [0.2, 0.25) is 0 Å². The zero-order valence-corrected chi connectivity index (χ0v) is 12.5. The van der Waals surface area contributed by atoms with E-state index in [0.29, 0.717) is 26.1 Å². The van der Waals surface area contributed by atoms with Crippen molar-refractivity contribution >= 4 is 17.9 Å². The molecule has 0 radical (unpaired) electrons. The number of hydrogen-bond acceptors (Lipinski definition) is 3. The van der Waals surface area contributed by atoms with Crippen LogP contribution in [0.4, 0.5) is 4.79 Å². The number of likely N-dealkylation sites (tertiary alicyclic amines) is 1. The fraction of sp³-hybridized carbons (Fsp3) is 0.786. The Morgan fingerprint density at radius 3 is 2.43 bits per heavy atom. The van der Waals surface area contributed by atoms with Crippen molar-refractivity contribution in [3.63, 3.8) is 0 Å². The summed E-state index contributed by atoms with van der Waals surface area (Å²) in [5, 5.41) is 9.00. The average molecular weight is 297 g/mol. The lowest BCUT2D eigenvalue weighted by Gasteiger charge is -2.37. The monoisotopic (exact) mass is 297 g/mol. The van der Waals surface area contributed by atoms with E-state index in [1.807, 2.05) is 4.90 Å². The van der Waals surface area contributed by atoms with Gasteiger partial charge in [0.15, 0.2) is 0 Å². The summed E-state index contributed by atoms with van der Waals surface area (Å²) in [6.07, 6.45) is 2.54. The fourth-order valence-electron chi connectivity index (χ4n) is 2.95. The topological polar surface area (TPSA) is 81.2 Å². The lowest BCUT2D eigenvalue weighted by Crippen LogP contribution is -2.57. The summed E-state index contributed by atoms with van der Waals surface area (Å²) in [4.78, 5) is 39.8. The van der Waals surface area contributed by atoms with E-state index in [1.165, 1.54) is 6.42 Å². The molecule has 0 aliphatic carbocycles. The van der Waals surface area contributed by atoms with Crippen molar-refractivity contribution in [2.75, 3.05) is 32.7 Å². The molecule has 1 unspecified atom stereocenters. The third-order valence-electron chi connectivity index (χ3n) is 4.30. The van der Waals surface area contributed by atoms with Gasteiger partial charge in [0.2, 0.25) is 11.8 Å². The van der Waals surface area contributed by atoms with Crippen molar-refractivity contribution in [1.82, 2.24) is 14.7 Å². The van der Waals surface area contributed by atoms with Crippen LogP contribution in [0.1, 0.15) is 32.6 Å². The Hall–Kier alpha value is -1.79. The predicted molar refractivity (Wildman–Crippen MR) is 75.8 cm³/mol. The van der Waals surface area contributed by atoms with Gasteiger partial charge in [0.1, 0.15) is 6.04 Å². The van der Waals surface area contributed by atoms with E-state index in [2.05, 4.69) is 0 Å². The van der Waals surface area contributed by atoms with Crippen LogP contribution in [0.5, 0.6) is 0 Å². The second kappa shape index (κ2) is 6.78. The lowest BCUT2D eigenvalue weighted by molar-refractivity contribution is -0.141. The first-order chi connectivity index (χ1) is 10.0. The van der Waals surface area contributed by atoms with E-state index >= 15 is 0 Å². The molecule has 0 spiro atoms. The Balaban J connectivity index is 1.82. The molecular weight excluding hydrogens is 274 g/mol. The van der Waals surface area contributed by atoms with Crippen molar-refractivity contribution in [3.8, 4) is 0 Å². The van der Waals surface area contributed by atoms with Gasteiger partial charge in [-0.3, -0.25) is 14.5 Å². The first-order valence-electron chi connectivity index (χ1n) is 7.57. The minimum absolute atomic E-state index is 0.0933. The molecule has 1 atom stereocenters. The highest BCUT2D eigenvalue weighted by Crippen LogP contribution is 2.14. The first kappa shape index (κ1) is 15.6. The minimum Gasteiger partial charge on any atom is -0.465 e. The first-order valence-corrected chi connectivity index (χ1v) is 7.57. The highest BCUT2D eigenvalue weighted by atomic mass is 16.4. The number of carbonyl (C=O) groups excluding carboxylic acids is 2. The molecule has 2 saturated heterocycles. The fourth-order valence-corrected chi connectivity index (χ4v) is 2.95. The molecule has 0 saturated carbocycles.